The highest BCUT2D eigenvalue weighted by molar-refractivity contribution is 6.07. The topological polar surface area (TPSA) is 62.1 Å². The third-order valence-corrected chi connectivity index (χ3v) is 3.35. The average molecular weight is 332 g/mol. The number of amides is 1. The Balaban J connectivity index is 2.10. The van der Waals surface area contributed by atoms with Gasteiger partial charge in [0, 0.05) is 5.69 Å². The van der Waals surface area contributed by atoms with Gasteiger partial charge in [-0.05, 0) is 55.3 Å². The molecule has 2 aromatic carbocycles. The molecule has 0 fully saturated rings. The first-order chi connectivity index (χ1) is 12.1. The maximum Gasteiger partial charge on any atom is 0.266 e. The van der Waals surface area contributed by atoms with Crippen molar-refractivity contribution in [1.82, 2.24) is 0 Å². The van der Waals surface area contributed by atoms with Crippen LogP contribution in [0.25, 0.3) is 6.08 Å². The van der Waals surface area contributed by atoms with Gasteiger partial charge >= 0.3 is 0 Å². The first-order valence-corrected chi connectivity index (χ1v) is 8.01. The van der Waals surface area contributed by atoms with E-state index in [4.69, 9.17) is 4.74 Å². The molecular weight excluding hydrogens is 312 g/mol. The summed E-state index contributed by atoms with van der Waals surface area (Å²) in [6.07, 6.45) is 3.50. The number of nitriles is 1. The number of ether oxygens (including phenoxy) is 1. The molecule has 2 rings (SSSR count). The number of rotatable bonds is 6. The highest BCUT2D eigenvalue weighted by Crippen LogP contribution is 2.17. The van der Waals surface area contributed by atoms with E-state index >= 15 is 0 Å². The van der Waals surface area contributed by atoms with Gasteiger partial charge in [-0.1, -0.05) is 36.4 Å². The monoisotopic (exact) mass is 332 g/mol. The summed E-state index contributed by atoms with van der Waals surface area (Å²) in [4.78, 5) is 12.3. The van der Waals surface area contributed by atoms with Crippen molar-refractivity contribution in [1.29, 1.82) is 5.26 Å². The Morgan fingerprint density at radius 1 is 1.16 bits per heavy atom. The number of carbonyl (C=O) groups is 1. The fourth-order valence-corrected chi connectivity index (χ4v) is 2.23. The molecule has 0 spiro atoms. The number of benzene rings is 2. The molecule has 0 aliphatic heterocycles. The van der Waals surface area contributed by atoms with Crippen LogP contribution >= 0.6 is 0 Å². The van der Waals surface area contributed by atoms with Gasteiger partial charge in [-0.2, -0.15) is 5.26 Å². The molecule has 4 heteroatoms. The zero-order valence-corrected chi connectivity index (χ0v) is 14.3. The number of nitrogens with one attached hydrogen (secondary N) is 1. The number of nitrogens with zero attached hydrogens (tertiary/aromatic N) is 1. The molecule has 1 amide bonds. The molecule has 1 N–H and O–H groups in total. The van der Waals surface area contributed by atoms with Crippen molar-refractivity contribution in [2.75, 3.05) is 11.9 Å². The van der Waals surface area contributed by atoms with Crippen molar-refractivity contribution in [3.8, 4) is 11.8 Å². The van der Waals surface area contributed by atoms with E-state index in [0.29, 0.717) is 12.3 Å². The normalized spacial score (nSPS) is 11.6. The maximum absolute atomic E-state index is 12.3. The standard InChI is InChI=1S/C21H20N2O2/c1-3-25-20-11-9-19(10-12-20)23-21(24)18(15-22)14-16(2)13-17-7-5-4-6-8-17/h4-14H,3H2,1-2H3,(H,23,24)/b16-13+,18-14+. The Bertz CT molecular complexity index is 813. The van der Waals surface area contributed by atoms with Crippen LogP contribution in [0.3, 0.4) is 0 Å². The van der Waals surface area contributed by atoms with E-state index in [9.17, 15) is 10.1 Å². The van der Waals surface area contributed by atoms with Crippen LogP contribution in [-0.2, 0) is 4.79 Å². The van der Waals surface area contributed by atoms with Gasteiger partial charge in [-0.3, -0.25) is 4.79 Å². The molecule has 25 heavy (non-hydrogen) atoms. The number of hydrogen-bond acceptors (Lipinski definition) is 3. The number of hydrogen-bond donors (Lipinski definition) is 1. The van der Waals surface area contributed by atoms with Crippen molar-refractivity contribution in [3.63, 3.8) is 0 Å². The molecule has 4 nitrogen and oxygen atoms in total. The van der Waals surface area contributed by atoms with Gasteiger partial charge in [0.2, 0.25) is 0 Å². The van der Waals surface area contributed by atoms with Gasteiger partial charge in [-0.25, -0.2) is 0 Å². The Kier molecular flexibility index (Phi) is 6.56. The lowest BCUT2D eigenvalue weighted by molar-refractivity contribution is -0.112. The predicted molar refractivity (Wildman–Crippen MR) is 100 cm³/mol. The average Bonchev–Trinajstić information content (AvgIpc) is 2.62. The van der Waals surface area contributed by atoms with E-state index in [2.05, 4.69) is 5.32 Å². The Morgan fingerprint density at radius 3 is 2.44 bits per heavy atom. The molecule has 0 radical (unpaired) electrons. The Morgan fingerprint density at radius 2 is 1.84 bits per heavy atom. The van der Waals surface area contributed by atoms with E-state index in [1.165, 1.54) is 0 Å². The van der Waals surface area contributed by atoms with Gasteiger partial charge in [0.25, 0.3) is 5.91 Å². The van der Waals surface area contributed by atoms with Crippen LogP contribution in [0.15, 0.2) is 71.8 Å². The van der Waals surface area contributed by atoms with Gasteiger partial charge in [0.15, 0.2) is 0 Å². The van der Waals surface area contributed by atoms with Gasteiger partial charge in [0.05, 0.1) is 6.61 Å². The fourth-order valence-electron chi connectivity index (χ4n) is 2.23. The molecule has 0 unspecified atom stereocenters. The van der Waals surface area contributed by atoms with E-state index < -0.39 is 5.91 Å². The highest BCUT2D eigenvalue weighted by atomic mass is 16.5. The quantitative estimate of drug-likeness (QED) is 0.478. The summed E-state index contributed by atoms with van der Waals surface area (Å²) in [5.74, 6) is 0.297. The summed E-state index contributed by atoms with van der Waals surface area (Å²) in [5, 5.41) is 12.0. The molecule has 0 aliphatic carbocycles. The van der Waals surface area contributed by atoms with Gasteiger partial charge in [-0.15, -0.1) is 0 Å². The maximum atomic E-state index is 12.3. The van der Waals surface area contributed by atoms with Crippen molar-refractivity contribution in [2.24, 2.45) is 0 Å². The molecule has 0 atom stereocenters. The van der Waals surface area contributed by atoms with Crippen molar-refractivity contribution in [3.05, 3.63) is 77.4 Å². The highest BCUT2D eigenvalue weighted by Gasteiger charge is 2.09. The first-order valence-electron chi connectivity index (χ1n) is 8.01. The smallest absolute Gasteiger partial charge is 0.266 e. The molecular formula is C21H20N2O2. The molecule has 126 valence electrons. The van der Waals surface area contributed by atoms with Gasteiger partial charge in [0.1, 0.15) is 17.4 Å². The van der Waals surface area contributed by atoms with Crippen LogP contribution in [0, 0.1) is 11.3 Å². The number of anilines is 1. The SMILES string of the molecule is CCOc1ccc(NC(=O)/C(C#N)=C/C(C)=C/c2ccccc2)cc1. The van der Waals surface area contributed by atoms with Crippen LogP contribution in [0.5, 0.6) is 5.75 Å². The van der Waals surface area contributed by atoms with E-state index in [1.54, 1.807) is 30.3 Å². The van der Waals surface area contributed by atoms with E-state index in [0.717, 1.165) is 16.9 Å². The first kappa shape index (κ1) is 18.0. The predicted octanol–water partition coefficient (Wildman–Crippen LogP) is 4.58. The largest absolute Gasteiger partial charge is 0.494 e. The Labute approximate surface area is 148 Å². The second-order valence-corrected chi connectivity index (χ2v) is 5.38. The van der Waals surface area contributed by atoms with Crippen molar-refractivity contribution < 1.29 is 9.53 Å². The van der Waals surface area contributed by atoms with Crippen LogP contribution in [0.1, 0.15) is 19.4 Å². The van der Waals surface area contributed by atoms with Crippen molar-refractivity contribution >= 4 is 17.7 Å². The zero-order valence-electron chi connectivity index (χ0n) is 14.3. The summed E-state index contributed by atoms with van der Waals surface area (Å²) in [6.45, 7) is 4.35. The number of carbonyl (C=O) groups excluding carboxylic acids is 1. The molecule has 0 heterocycles. The molecule has 0 aromatic heterocycles. The zero-order chi connectivity index (χ0) is 18.1. The molecule has 0 saturated carbocycles. The lowest BCUT2D eigenvalue weighted by Crippen LogP contribution is -2.13. The van der Waals surface area contributed by atoms with E-state index in [-0.39, 0.29) is 5.57 Å². The minimum Gasteiger partial charge on any atom is -0.494 e. The summed E-state index contributed by atoms with van der Waals surface area (Å²) in [7, 11) is 0. The molecule has 2 aromatic rings. The Hall–Kier alpha value is -3.32. The lowest BCUT2D eigenvalue weighted by Gasteiger charge is -2.06. The summed E-state index contributed by atoms with van der Waals surface area (Å²) in [6, 6.07) is 18.7. The second kappa shape index (κ2) is 9.09. The molecule has 0 saturated heterocycles. The van der Waals surface area contributed by atoms with E-state index in [1.807, 2.05) is 56.3 Å². The molecule has 0 aliphatic rings. The summed E-state index contributed by atoms with van der Waals surface area (Å²) >= 11 is 0. The van der Waals surface area contributed by atoms with Crippen molar-refractivity contribution in [2.45, 2.75) is 13.8 Å². The minimum atomic E-state index is -0.438. The fraction of sp³-hybridized carbons (Fsp3) is 0.143. The van der Waals surface area contributed by atoms with Crippen LogP contribution < -0.4 is 10.1 Å². The lowest BCUT2D eigenvalue weighted by atomic mass is 10.1. The minimum absolute atomic E-state index is 0.0542. The third-order valence-electron chi connectivity index (χ3n) is 3.35. The van der Waals surface area contributed by atoms with Crippen LogP contribution in [0.2, 0.25) is 0 Å². The van der Waals surface area contributed by atoms with Gasteiger partial charge < -0.3 is 10.1 Å². The summed E-state index contributed by atoms with van der Waals surface area (Å²) < 4.78 is 5.36. The summed E-state index contributed by atoms with van der Waals surface area (Å²) in [5.41, 5.74) is 2.50. The third kappa shape index (κ3) is 5.67. The number of allylic oxidation sites excluding steroid dienone is 2. The second-order valence-electron chi connectivity index (χ2n) is 5.38. The van der Waals surface area contributed by atoms with Crippen LogP contribution in [0.4, 0.5) is 5.69 Å². The molecule has 0 bridgehead atoms. The van der Waals surface area contributed by atoms with Crippen LogP contribution in [-0.4, -0.2) is 12.5 Å².